The smallest absolute Gasteiger partial charge is 0.0724 e. The van der Waals surface area contributed by atoms with Crippen molar-refractivity contribution in [3.63, 3.8) is 0 Å². The van der Waals surface area contributed by atoms with Crippen LogP contribution in [0.1, 0.15) is 39.0 Å². The first-order valence-electron chi connectivity index (χ1n) is 7.66. The van der Waals surface area contributed by atoms with E-state index in [4.69, 9.17) is 15.2 Å². The highest BCUT2D eigenvalue weighted by Gasteiger charge is 2.42. The van der Waals surface area contributed by atoms with Gasteiger partial charge < -0.3 is 15.2 Å². The molecular weight excluding hydrogens is 240 g/mol. The van der Waals surface area contributed by atoms with E-state index in [1.165, 1.54) is 6.42 Å². The largest absolute Gasteiger partial charge is 0.381 e. The number of likely N-dealkylation sites (tertiary alicyclic amines) is 1. The van der Waals surface area contributed by atoms with Crippen LogP contribution in [0.2, 0.25) is 0 Å². The number of nitrogens with two attached hydrogens (primary N) is 1. The van der Waals surface area contributed by atoms with Gasteiger partial charge in [0.1, 0.15) is 0 Å². The fraction of sp³-hybridized carbons (Fsp3) is 1.00. The monoisotopic (exact) mass is 270 g/mol. The molecule has 2 fully saturated rings. The molecule has 0 radical (unpaired) electrons. The molecule has 0 aromatic rings. The Labute approximate surface area is 117 Å². The summed E-state index contributed by atoms with van der Waals surface area (Å²) < 4.78 is 11.1. The van der Waals surface area contributed by atoms with E-state index in [0.717, 1.165) is 45.3 Å². The van der Waals surface area contributed by atoms with Gasteiger partial charge in [0.15, 0.2) is 0 Å². The molecule has 0 spiro atoms. The molecule has 0 aromatic heterocycles. The predicted octanol–water partition coefficient (Wildman–Crippen LogP) is 1.63. The van der Waals surface area contributed by atoms with Gasteiger partial charge in [0.25, 0.3) is 0 Å². The SMILES string of the molecule is COC1CCC(CN)(N2CCC(C)C(OC)C2)CC1. The number of rotatable bonds is 4. The standard InChI is InChI=1S/C15H30N2O2/c1-12-6-9-17(10-14(12)19-3)15(11-16)7-4-13(18-2)5-8-15/h12-14H,4-11,16H2,1-3H3. The maximum Gasteiger partial charge on any atom is 0.0724 e. The van der Waals surface area contributed by atoms with Crippen molar-refractivity contribution in [3.05, 3.63) is 0 Å². The zero-order valence-electron chi connectivity index (χ0n) is 12.7. The molecule has 2 rings (SSSR count). The summed E-state index contributed by atoms with van der Waals surface area (Å²) in [6.07, 6.45) is 6.60. The number of ether oxygens (including phenoxy) is 2. The zero-order valence-corrected chi connectivity index (χ0v) is 12.7. The van der Waals surface area contributed by atoms with Crippen LogP contribution in [0.25, 0.3) is 0 Å². The summed E-state index contributed by atoms with van der Waals surface area (Å²) in [7, 11) is 3.66. The molecule has 1 heterocycles. The number of nitrogens with zero attached hydrogens (tertiary/aromatic N) is 1. The number of piperidine rings is 1. The zero-order chi connectivity index (χ0) is 13.9. The quantitative estimate of drug-likeness (QED) is 0.843. The van der Waals surface area contributed by atoms with Crippen molar-refractivity contribution in [1.82, 2.24) is 4.90 Å². The maximum atomic E-state index is 6.15. The Morgan fingerprint density at radius 3 is 2.37 bits per heavy atom. The molecule has 0 aromatic carbocycles. The van der Waals surface area contributed by atoms with Crippen molar-refractivity contribution in [2.75, 3.05) is 33.9 Å². The Balaban J connectivity index is 2.01. The Bertz CT molecular complexity index is 277. The topological polar surface area (TPSA) is 47.7 Å². The summed E-state index contributed by atoms with van der Waals surface area (Å²) >= 11 is 0. The molecule has 19 heavy (non-hydrogen) atoms. The van der Waals surface area contributed by atoms with E-state index in [1.807, 2.05) is 14.2 Å². The second-order valence-corrected chi connectivity index (χ2v) is 6.35. The summed E-state index contributed by atoms with van der Waals surface area (Å²) in [4.78, 5) is 2.60. The fourth-order valence-corrected chi connectivity index (χ4v) is 3.79. The molecule has 1 aliphatic carbocycles. The Kier molecular flexibility index (Phi) is 5.23. The minimum absolute atomic E-state index is 0.186. The molecular formula is C15H30N2O2. The lowest BCUT2D eigenvalue weighted by molar-refractivity contribution is -0.0686. The predicted molar refractivity (Wildman–Crippen MR) is 77.2 cm³/mol. The van der Waals surface area contributed by atoms with E-state index in [1.54, 1.807) is 0 Å². The summed E-state index contributed by atoms with van der Waals surface area (Å²) in [6.45, 7) is 5.25. The first-order valence-corrected chi connectivity index (χ1v) is 7.66. The highest BCUT2D eigenvalue weighted by atomic mass is 16.5. The average Bonchev–Trinajstić information content (AvgIpc) is 2.47. The summed E-state index contributed by atoms with van der Waals surface area (Å²) in [5.41, 5.74) is 6.34. The summed E-state index contributed by atoms with van der Waals surface area (Å²) in [5, 5.41) is 0. The van der Waals surface area contributed by atoms with Crippen LogP contribution in [0.5, 0.6) is 0 Å². The second kappa shape index (κ2) is 6.53. The van der Waals surface area contributed by atoms with Gasteiger partial charge in [-0.15, -0.1) is 0 Å². The van der Waals surface area contributed by atoms with Gasteiger partial charge in [0, 0.05) is 32.8 Å². The summed E-state index contributed by atoms with van der Waals surface area (Å²) in [6, 6.07) is 0. The second-order valence-electron chi connectivity index (χ2n) is 6.35. The Morgan fingerprint density at radius 2 is 1.84 bits per heavy atom. The lowest BCUT2D eigenvalue weighted by atomic mass is 9.77. The van der Waals surface area contributed by atoms with Gasteiger partial charge >= 0.3 is 0 Å². The molecule has 0 amide bonds. The van der Waals surface area contributed by atoms with E-state index < -0.39 is 0 Å². The van der Waals surface area contributed by atoms with Crippen molar-refractivity contribution < 1.29 is 9.47 Å². The number of methoxy groups -OCH3 is 2. The maximum absolute atomic E-state index is 6.15. The fourth-order valence-electron chi connectivity index (χ4n) is 3.79. The molecule has 1 saturated carbocycles. The van der Waals surface area contributed by atoms with Crippen LogP contribution in [0, 0.1) is 5.92 Å². The van der Waals surface area contributed by atoms with Crippen molar-refractivity contribution in [2.45, 2.75) is 56.8 Å². The van der Waals surface area contributed by atoms with E-state index in [0.29, 0.717) is 18.1 Å². The van der Waals surface area contributed by atoms with Gasteiger partial charge in [-0.25, -0.2) is 0 Å². The van der Waals surface area contributed by atoms with Gasteiger partial charge in [-0.1, -0.05) is 6.92 Å². The first kappa shape index (κ1) is 15.2. The van der Waals surface area contributed by atoms with Crippen LogP contribution >= 0.6 is 0 Å². The van der Waals surface area contributed by atoms with E-state index in [9.17, 15) is 0 Å². The van der Waals surface area contributed by atoms with Gasteiger partial charge in [-0.05, 0) is 44.6 Å². The van der Waals surface area contributed by atoms with Crippen molar-refractivity contribution in [3.8, 4) is 0 Å². The van der Waals surface area contributed by atoms with Crippen molar-refractivity contribution in [1.29, 1.82) is 0 Å². The van der Waals surface area contributed by atoms with Gasteiger partial charge in [-0.3, -0.25) is 4.90 Å². The molecule has 1 saturated heterocycles. The van der Waals surface area contributed by atoms with E-state index in [-0.39, 0.29) is 5.54 Å². The lowest BCUT2D eigenvalue weighted by Gasteiger charge is -2.51. The minimum Gasteiger partial charge on any atom is -0.381 e. The van der Waals surface area contributed by atoms with Crippen LogP contribution in [-0.2, 0) is 9.47 Å². The third kappa shape index (κ3) is 3.13. The third-order valence-corrected chi connectivity index (χ3v) is 5.44. The molecule has 112 valence electrons. The van der Waals surface area contributed by atoms with Crippen LogP contribution in [0.15, 0.2) is 0 Å². The summed E-state index contributed by atoms with van der Waals surface area (Å²) in [5.74, 6) is 0.659. The molecule has 4 heteroatoms. The third-order valence-electron chi connectivity index (χ3n) is 5.44. The average molecular weight is 270 g/mol. The van der Waals surface area contributed by atoms with Gasteiger partial charge in [0.2, 0.25) is 0 Å². The van der Waals surface area contributed by atoms with Crippen LogP contribution in [0.3, 0.4) is 0 Å². The van der Waals surface area contributed by atoms with Crippen molar-refractivity contribution >= 4 is 0 Å². The molecule has 2 atom stereocenters. The van der Waals surface area contributed by atoms with Crippen LogP contribution < -0.4 is 5.73 Å². The molecule has 1 aliphatic heterocycles. The number of hydrogen-bond acceptors (Lipinski definition) is 4. The molecule has 4 nitrogen and oxygen atoms in total. The highest BCUT2D eigenvalue weighted by molar-refractivity contribution is 4.98. The van der Waals surface area contributed by atoms with Crippen LogP contribution in [-0.4, -0.2) is 56.5 Å². The van der Waals surface area contributed by atoms with Gasteiger partial charge in [0.05, 0.1) is 12.2 Å². The Morgan fingerprint density at radius 1 is 1.16 bits per heavy atom. The van der Waals surface area contributed by atoms with E-state index in [2.05, 4.69) is 11.8 Å². The van der Waals surface area contributed by atoms with Crippen molar-refractivity contribution in [2.24, 2.45) is 11.7 Å². The molecule has 2 unspecified atom stereocenters. The molecule has 2 aliphatic rings. The Hall–Kier alpha value is -0.160. The van der Waals surface area contributed by atoms with E-state index >= 15 is 0 Å². The van der Waals surface area contributed by atoms with Gasteiger partial charge in [-0.2, -0.15) is 0 Å². The minimum atomic E-state index is 0.186. The van der Waals surface area contributed by atoms with Crippen LogP contribution in [0.4, 0.5) is 0 Å². The molecule has 2 N–H and O–H groups in total. The lowest BCUT2D eigenvalue weighted by Crippen LogP contribution is -2.61. The first-order chi connectivity index (χ1) is 9.15. The number of hydrogen-bond donors (Lipinski definition) is 1. The highest BCUT2D eigenvalue weighted by Crippen LogP contribution is 2.36. The normalized spacial score (nSPS) is 41.4. The molecule has 0 bridgehead atoms.